The number of piperidine rings is 2. The molecule has 3 aliphatic rings. The van der Waals surface area contributed by atoms with Crippen molar-refractivity contribution in [2.45, 2.75) is 57.2 Å². The third kappa shape index (κ3) is 2.55. The van der Waals surface area contributed by atoms with Crippen LogP contribution in [-0.2, 0) is 4.74 Å². The summed E-state index contributed by atoms with van der Waals surface area (Å²) in [6, 6.07) is 0.453. The Morgan fingerprint density at radius 1 is 1.43 bits per heavy atom. The molecule has 3 rings (SSSR count). The van der Waals surface area contributed by atoms with Crippen molar-refractivity contribution in [1.29, 1.82) is 0 Å². The summed E-state index contributed by atoms with van der Waals surface area (Å²) in [7, 11) is 0. The maximum atomic E-state index is 12.1. The molecule has 0 radical (unpaired) electrons. The van der Waals surface area contributed by atoms with Crippen LogP contribution in [0.1, 0.15) is 39.5 Å². The SMILES string of the molecule is CC(C)[N+]1=C(O)C2(CCCN(C3CCNCC3)C2)OC1=O. The van der Waals surface area contributed by atoms with Crippen LogP contribution >= 0.6 is 0 Å². The molecular formula is C15H26N3O3+. The van der Waals surface area contributed by atoms with E-state index in [1.165, 1.54) is 4.58 Å². The van der Waals surface area contributed by atoms with Crippen LogP contribution < -0.4 is 5.32 Å². The van der Waals surface area contributed by atoms with Gasteiger partial charge in [0.2, 0.25) is 0 Å². The molecule has 1 unspecified atom stereocenters. The van der Waals surface area contributed by atoms with E-state index in [0.29, 0.717) is 12.6 Å². The van der Waals surface area contributed by atoms with Crippen molar-refractivity contribution in [2.24, 2.45) is 0 Å². The molecule has 1 amide bonds. The highest BCUT2D eigenvalue weighted by Gasteiger charge is 2.59. The topological polar surface area (TPSA) is 64.8 Å². The van der Waals surface area contributed by atoms with E-state index < -0.39 is 11.7 Å². The maximum Gasteiger partial charge on any atom is 0.600 e. The van der Waals surface area contributed by atoms with Gasteiger partial charge in [-0.1, -0.05) is 4.58 Å². The molecule has 0 aromatic heterocycles. The predicted octanol–water partition coefficient (Wildman–Crippen LogP) is 1.10. The zero-order valence-electron chi connectivity index (χ0n) is 13.0. The fourth-order valence-electron chi connectivity index (χ4n) is 3.83. The summed E-state index contributed by atoms with van der Waals surface area (Å²) in [4.78, 5) is 14.5. The van der Waals surface area contributed by atoms with Gasteiger partial charge < -0.3 is 15.2 Å². The molecule has 6 heteroatoms. The summed E-state index contributed by atoms with van der Waals surface area (Å²) in [5.41, 5.74) is -0.815. The number of rotatable bonds is 2. The zero-order valence-corrected chi connectivity index (χ0v) is 13.0. The second-order valence-corrected chi connectivity index (χ2v) is 6.70. The van der Waals surface area contributed by atoms with Crippen molar-refractivity contribution in [3.63, 3.8) is 0 Å². The van der Waals surface area contributed by atoms with Crippen molar-refractivity contribution < 1.29 is 19.2 Å². The van der Waals surface area contributed by atoms with Crippen molar-refractivity contribution in [3.8, 4) is 0 Å². The fraction of sp³-hybridized carbons (Fsp3) is 0.867. The number of aliphatic hydroxyl groups excluding tert-OH is 1. The molecule has 1 spiro atoms. The number of carbonyl (C=O) groups is 1. The molecule has 21 heavy (non-hydrogen) atoms. The minimum absolute atomic E-state index is 0.0777. The van der Waals surface area contributed by atoms with Gasteiger partial charge in [-0.25, -0.2) is 0 Å². The first-order valence-electron chi connectivity index (χ1n) is 8.07. The van der Waals surface area contributed by atoms with Crippen LogP contribution in [0.25, 0.3) is 0 Å². The molecule has 2 N–H and O–H groups in total. The average molecular weight is 296 g/mol. The number of likely N-dealkylation sites (tertiary alicyclic amines) is 1. The molecule has 2 saturated heterocycles. The van der Waals surface area contributed by atoms with Crippen molar-refractivity contribution >= 4 is 12.0 Å². The molecule has 2 fully saturated rings. The van der Waals surface area contributed by atoms with E-state index in [0.717, 1.165) is 45.3 Å². The second-order valence-electron chi connectivity index (χ2n) is 6.70. The van der Waals surface area contributed by atoms with Gasteiger partial charge in [0.15, 0.2) is 6.04 Å². The molecule has 3 aliphatic heterocycles. The third-order valence-corrected chi connectivity index (χ3v) is 4.94. The Bertz CT molecular complexity index is 457. The quantitative estimate of drug-likeness (QED) is 0.747. The molecular weight excluding hydrogens is 270 g/mol. The first-order valence-corrected chi connectivity index (χ1v) is 8.07. The van der Waals surface area contributed by atoms with Crippen LogP contribution in [-0.4, -0.2) is 70.4 Å². The van der Waals surface area contributed by atoms with Gasteiger partial charge in [0.05, 0.1) is 6.54 Å². The number of ether oxygens (including phenoxy) is 1. The fourth-order valence-corrected chi connectivity index (χ4v) is 3.83. The molecule has 0 aliphatic carbocycles. The van der Waals surface area contributed by atoms with Crippen LogP contribution in [0, 0.1) is 0 Å². The number of hydrogen-bond donors (Lipinski definition) is 2. The van der Waals surface area contributed by atoms with Crippen LogP contribution in [0.15, 0.2) is 0 Å². The first kappa shape index (κ1) is 14.8. The van der Waals surface area contributed by atoms with Gasteiger partial charge in [-0.3, -0.25) is 4.90 Å². The minimum Gasteiger partial charge on any atom is -0.460 e. The Morgan fingerprint density at radius 3 is 2.76 bits per heavy atom. The third-order valence-electron chi connectivity index (χ3n) is 4.94. The molecule has 6 nitrogen and oxygen atoms in total. The summed E-state index contributed by atoms with van der Waals surface area (Å²) < 4.78 is 7.03. The Labute approximate surface area is 125 Å². The highest BCUT2D eigenvalue weighted by molar-refractivity contribution is 5.89. The Kier molecular flexibility index (Phi) is 3.92. The van der Waals surface area contributed by atoms with Gasteiger partial charge in [-0.2, -0.15) is 4.79 Å². The van der Waals surface area contributed by atoms with E-state index in [4.69, 9.17) is 4.74 Å². The average Bonchev–Trinajstić information content (AvgIpc) is 2.70. The smallest absolute Gasteiger partial charge is 0.460 e. The van der Waals surface area contributed by atoms with E-state index in [1.54, 1.807) is 0 Å². The van der Waals surface area contributed by atoms with Crippen molar-refractivity contribution in [2.75, 3.05) is 26.2 Å². The van der Waals surface area contributed by atoms with Gasteiger partial charge in [0, 0.05) is 12.5 Å². The lowest BCUT2D eigenvalue weighted by Crippen LogP contribution is -2.57. The molecule has 1 atom stereocenters. The predicted molar refractivity (Wildman–Crippen MR) is 78.9 cm³/mol. The summed E-state index contributed by atoms with van der Waals surface area (Å²) in [6.45, 7) is 7.52. The second kappa shape index (κ2) is 5.57. The Morgan fingerprint density at radius 2 is 2.14 bits per heavy atom. The van der Waals surface area contributed by atoms with Crippen LogP contribution in [0.2, 0.25) is 0 Å². The van der Waals surface area contributed by atoms with Crippen molar-refractivity contribution in [1.82, 2.24) is 10.2 Å². The van der Waals surface area contributed by atoms with E-state index in [9.17, 15) is 9.90 Å². The zero-order chi connectivity index (χ0) is 15.0. The summed E-state index contributed by atoms with van der Waals surface area (Å²) in [5, 5.41) is 14.0. The molecule has 0 saturated carbocycles. The normalized spacial score (nSPS) is 32.2. The van der Waals surface area contributed by atoms with E-state index in [2.05, 4.69) is 10.2 Å². The lowest BCUT2D eigenvalue weighted by Gasteiger charge is -2.41. The Balaban J connectivity index is 1.80. The number of hydrogen-bond acceptors (Lipinski definition) is 4. The summed E-state index contributed by atoms with van der Waals surface area (Å²) in [5.74, 6) is 0.112. The van der Waals surface area contributed by atoms with E-state index >= 15 is 0 Å². The highest BCUT2D eigenvalue weighted by atomic mass is 16.6. The first-order chi connectivity index (χ1) is 10.0. The number of amides is 1. The number of nitrogens with one attached hydrogen (secondary N) is 1. The molecule has 0 bridgehead atoms. The standard InChI is InChI=1S/C15H25N3O3/c1-11(2)18-13(19)15(21-14(18)20)6-3-9-17(10-15)12-4-7-16-8-5-12/h11-12,16H,3-10H2,1-2H3/p+1. The molecule has 0 aromatic rings. The van der Waals surface area contributed by atoms with Crippen LogP contribution in [0.3, 0.4) is 0 Å². The lowest BCUT2D eigenvalue weighted by atomic mass is 9.90. The summed E-state index contributed by atoms with van der Waals surface area (Å²) >= 11 is 0. The summed E-state index contributed by atoms with van der Waals surface area (Å²) in [6.07, 6.45) is 3.51. The van der Waals surface area contributed by atoms with E-state index in [-0.39, 0.29) is 11.9 Å². The van der Waals surface area contributed by atoms with E-state index in [1.807, 2.05) is 13.8 Å². The monoisotopic (exact) mass is 296 g/mol. The van der Waals surface area contributed by atoms with Gasteiger partial charge in [0.1, 0.15) is 0 Å². The largest absolute Gasteiger partial charge is 0.600 e. The maximum absolute atomic E-state index is 12.1. The highest BCUT2D eigenvalue weighted by Crippen LogP contribution is 2.33. The van der Waals surface area contributed by atoms with Crippen LogP contribution in [0.4, 0.5) is 4.79 Å². The number of carbonyl (C=O) groups excluding carboxylic acids is 1. The van der Waals surface area contributed by atoms with Gasteiger partial charge >= 0.3 is 12.0 Å². The van der Waals surface area contributed by atoms with Crippen LogP contribution in [0.5, 0.6) is 0 Å². The number of aliphatic hydroxyl groups is 1. The Hall–Kier alpha value is -1.14. The molecule has 118 valence electrons. The minimum atomic E-state index is -0.815. The molecule has 0 aromatic carbocycles. The number of nitrogens with zero attached hydrogens (tertiary/aromatic N) is 2. The lowest BCUT2D eigenvalue weighted by molar-refractivity contribution is -0.474. The van der Waals surface area contributed by atoms with Gasteiger partial charge in [0.25, 0.3) is 5.60 Å². The van der Waals surface area contributed by atoms with Gasteiger partial charge in [-0.05, 0) is 52.7 Å². The van der Waals surface area contributed by atoms with Gasteiger partial charge in [-0.15, -0.1) is 0 Å². The van der Waals surface area contributed by atoms with Crippen molar-refractivity contribution in [3.05, 3.63) is 0 Å². The molecule has 3 heterocycles.